The van der Waals surface area contributed by atoms with Crippen LogP contribution in [-0.2, 0) is 17.8 Å². The molecular weight excluding hydrogens is 302 g/mol. The maximum absolute atomic E-state index is 12.0. The van der Waals surface area contributed by atoms with Crippen LogP contribution in [0.15, 0.2) is 77.5 Å². The van der Waals surface area contributed by atoms with E-state index < -0.39 is 0 Å². The Morgan fingerprint density at radius 2 is 1.83 bits per heavy atom. The van der Waals surface area contributed by atoms with Crippen LogP contribution in [0.4, 0.5) is 5.69 Å². The van der Waals surface area contributed by atoms with E-state index in [-0.39, 0.29) is 18.2 Å². The fraction of sp³-hybridized carbons (Fsp3) is 0.105. The summed E-state index contributed by atoms with van der Waals surface area (Å²) in [5, 5.41) is 18.9. The predicted molar refractivity (Wildman–Crippen MR) is 93.5 cm³/mol. The first-order valence-electron chi connectivity index (χ1n) is 7.60. The van der Waals surface area contributed by atoms with E-state index in [9.17, 15) is 9.90 Å². The highest BCUT2D eigenvalue weighted by molar-refractivity contribution is 5.95. The number of benzene rings is 2. The Balaban J connectivity index is 1.90. The Morgan fingerprint density at radius 3 is 2.58 bits per heavy atom. The molecule has 5 nitrogen and oxygen atoms in total. The van der Waals surface area contributed by atoms with E-state index in [0.29, 0.717) is 12.2 Å². The number of nitrogens with zero attached hydrogens (tertiary/aromatic N) is 3. The van der Waals surface area contributed by atoms with Crippen molar-refractivity contribution >= 4 is 22.5 Å². The van der Waals surface area contributed by atoms with E-state index in [4.69, 9.17) is 0 Å². The lowest BCUT2D eigenvalue weighted by Crippen LogP contribution is -1.97. The number of rotatable bonds is 5. The maximum atomic E-state index is 12.0. The van der Waals surface area contributed by atoms with E-state index in [1.165, 1.54) is 0 Å². The molecule has 1 aromatic heterocycles. The first kappa shape index (κ1) is 15.7. The van der Waals surface area contributed by atoms with Crippen molar-refractivity contribution in [3.8, 4) is 5.88 Å². The Hall–Kier alpha value is -3.21. The molecule has 2 aromatic carbocycles. The average Bonchev–Trinajstić information content (AvgIpc) is 2.86. The summed E-state index contributed by atoms with van der Waals surface area (Å²) in [5.74, 6) is -0.381. The van der Waals surface area contributed by atoms with Crippen LogP contribution in [0.25, 0.3) is 10.9 Å². The molecule has 0 unspecified atom stereocenters. The number of azo groups is 1. The molecule has 120 valence electrons. The molecule has 0 spiro atoms. The zero-order valence-electron chi connectivity index (χ0n) is 13.1. The molecule has 3 aromatic rings. The second-order valence-electron chi connectivity index (χ2n) is 5.34. The van der Waals surface area contributed by atoms with Gasteiger partial charge in [0.25, 0.3) is 5.91 Å². The van der Waals surface area contributed by atoms with Crippen molar-refractivity contribution in [1.29, 1.82) is 0 Å². The molecule has 0 fully saturated rings. The summed E-state index contributed by atoms with van der Waals surface area (Å²) in [7, 11) is 0. The van der Waals surface area contributed by atoms with E-state index in [0.717, 1.165) is 16.5 Å². The van der Waals surface area contributed by atoms with Gasteiger partial charge in [-0.15, -0.1) is 16.8 Å². The number of carbonyl (C=O) groups is 1. The van der Waals surface area contributed by atoms with Gasteiger partial charge in [-0.3, -0.25) is 4.79 Å². The van der Waals surface area contributed by atoms with Gasteiger partial charge in [0.05, 0.1) is 11.9 Å². The molecule has 0 radical (unpaired) electrons. The van der Waals surface area contributed by atoms with Gasteiger partial charge in [0.15, 0.2) is 5.69 Å². The lowest BCUT2D eigenvalue weighted by atomic mass is 10.1. The average molecular weight is 319 g/mol. The summed E-state index contributed by atoms with van der Waals surface area (Å²) in [4.78, 5) is 12.0. The third-order valence-electron chi connectivity index (χ3n) is 3.69. The third-order valence-corrected chi connectivity index (χ3v) is 3.69. The van der Waals surface area contributed by atoms with Crippen LogP contribution in [-0.4, -0.2) is 15.6 Å². The smallest absolute Gasteiger partial charge is 0.269 e. The van der Waals surface area contributed by atoms with Crippen molar-refractivity contribution in [3.63, 3.8) is 0 Å². The molecule has 1 amide bonds. The standard InChI is InChI=1S/C19H17N3O2/c1-2-12-22-16-11-7-6-10-15(16)18(19(22)24)21-20-17(23)13-14-8-4-3-5-9-14/h2-11,24H,1,12-13H2. The summed E-state index contributed by atoms with van der Waals surface area (Å²) in [5.41, 5.74) is 1.99. The minimum absolute atomic E-state index is 0.0210. The molecule has 0 aliphatic rings. The third kappa shape index (κ3) is 3.10. The SMILES string of the molecule is C=CCn1c(O)c(N=NC(=O)Cc2ccccc2)c2ccccc21. The Labute approximate surface area is 139 Å². The highest BCUT2D eigenvalue weighted by Crippen LogP contribution is 2.38. The number of hydrogen-bond acceptors (Lipinski definition) is 3. The van der Waals surface area contributed by atoms with Crippen LogP contribution >= 0.6 is 0 Å². The number of allylic oxidation sites excluding steroid dienone is 1. The van der Waals surface area contributed by atoms with Crippen molar-refractivity contribution in [3.05, 3.63) is 72.8 Å². The summed E-state index contributed by atoms with van der Waals surface area (Å²) in [6.45, 7) is 4.14. The molecule has 3 rings (SSSR count). The number of aromatic nitrogens is 1. The minimum atomic E-state index is -0.360. The van der Waals surface area contributed by atoms with Crippen LogP contribution in [0.5, 0.6) is 5.88 Å². The normalized spacial score (nSPS) is 11.2. The predicted octanol–water partition coefficient (Wildman–Crippen LogP) is 4.39. The van der Waals surface area contributed by atoms with Crippen molar-refractivity contribution < 1.29 is 9.90 Å². The molecule has 1 N–H and O–H groups in total. The van der Waals surface area contributed by atoms with Crippen LogP contribution in [0.2, 0.25) is 0 Å². The quantitative estimate of drug-likeness (QED) is 0.560. The summed E-state index contributed by atoms with van der Waals surface area (Å²) in [6.07, 6.45) is 1.87. The summed E-state index contributed by atoms with van der Waals surface area (Å²) < 4.78 is 1.68. The van der Waals surface area contributed by atoms with E-state index in [2.05, 4.69) is 16.8 Å². The number of para-hydroxylation sites is 1. The van der Waals surface area contributed by atoms with Crippen molar-refractivity contribution in [2.45, 2.75) is 13.0 Å². The van der Waals surface area contributed by atoms with Gasteiger partial charge in [-0.1, -0.05) is 54.6 Å². The largest absolute Gasteiger partial charge is 0.493 e. The van der Waals surface area contributed by atoms with E-state index >= 15 is 0 Å². The maximum Gasteiger partial charge on any atom is 0.269 e. The summed E-state index contributed by atoms with van der Waals surface area (Å²) >= 11 is 0. The van der Waals surface area contributed by atoms with Crippen LogP contribution in [0.3, 0.4) is 0 Å². The molecule has 0 saturated carbocycles. The first-order valence-corrected chi connectivity index (χ1v) is 7.60. The molecule has 1 heterocycles. The number of aromatic hydroxyl groups is 1. The molecule has 0 aliphatic carbocycles. The lowest BCUT2D eigenvalue weighted by molar-refractivity contribution is -0.117. The van der Waals surface area contributed by atoms with Crippen LogP contribution < -0.4 is 0 Å². The van der Waals surface area contributed by atoms with Crippen LogP contribution in [0.1, 0.15) is 5.56 Å². The highest BCUT2D eigenvalue weighted by Gasteiger charge is 2.15. The van der Waals surface area contributed by atoms with Crippen LogP contribution in [0, 0.1) is 0 Å². The Kier molecular flexibility index (Phi) is 4.52. The number of amides is 1. The van der Waals surface area contributed by atoms with Gasteiger partial charge in [-0.25, -0.2) is 0 Å². The fourth-order valence-corrected chi connectivity index (χ4v) is 2.60. The molecule has 0 bridgehead atoms. The highest BCUT2D eigenvalue weighted by atomic mass is 16.3. The Bertz CT molecular complexity index is 911. The zero-order chi connectivity index (χ0) is 16.9. The zero-order valence-corrected chi connectivity index (χ0v) is 13.1. The lowest BCUT2D eigenvalue weighted by Gasteiger charge is -2.01. The first-order chi connectivity index (χ1) is 11.7. The van der Waals surface area contributed by atoms with Gasteiger partial charge >= 0.3 is 0 Å². The van der Waals surface area contributed by atoms with Gasteiger partial charge in [0, 0.05) is 11.9 Å². The Morgan fingerprint density at radius 1 is 1.12 bits per heavy atom. The van der Waals surface area contributed by atoms with E-state index in [1.807, 2.05) is 54.6 Å². The van der Waals surface area contributed by atoms with Gasteiger partial charge < -0.3 is 9.67 Å². The number of fused-ring (bicyclic) bond motifs is 1. The number of hydrogen-bond donors (Lipinski definition) is 1. The molecule has 0 atom stereocenters. The second kappa shape index (κ2) is 6.91. The fourth-order valence-electron chi connectivity index (χ4n) is 2.60. The molecular formula is C19H17N3O2. The molecule has 0 saturated heterocycles. The van der Waals surface area contributed by atoms with Crippen molar-refractivity contribution in [1.82, 2.24) is 4.57 Å². The minimum Gasteiger partial charge on any atom is -0.493 e. The number of carbonyl (C=O) groups excluding carboxylic acids is 1. The topological polar surface area (TPSA) is 66.9 Å². The molecule has 5 heteroatoms. The van der Waals surface area contributed by atoms with Gasteiger partial charge in [-0.2, -0.15) is 0 Å². The van der Waals surface area contributed by atoms with Crippen molar-refractivity contribution in [2.24, 2.45) is 10.2 Å². The van der Waals surface area contributed by atoms with E-state index in [1.54, 1.807) is 10.6 Å². The monoisotopic (exact) mass is 319 g/mol. The summed E-state index contributed by atoms with van der Waals surface area (Å²) in [6, 6.07) is 16.8. The van der Waals surface area contributed by atoms with Crippen molar-refractivity contribution in [2.75, 3.05) is 0 Å². The van der Waals surface area contributed by atoms with Gasteiger partial charge in [0.2, 0.25) is 5.88 Å². The molecule has 0 aliphatic heterocycles. The molecule has 24 heavy (non-hydrogen) atoms. The second-order valence-corrected chi connectivity index (χ2v) is 5.34. The van der Waals surface area contributed by atoms with Gasteiger partial charge in [0.1, 0.15) is 0 Å². The van der Waals surface area contributed by atoms with Gasteiger partial charge in [-0.05, 0) is 11.6 Å².